The van der Waals surface area contributed by atoms with Gasteiger partial charge in [0.15, 0.2) is 6.61 Å². The second kappa shape index (κ2) is 9.35. The number of esters is 1. The van der Waals surface area contributed by atoms with Crippen molar-refractivity contribution in [1.29, 1.82) is 0 Å². The van der Waals surface area contributed by atoms with Crippen LogP contribution >= 0.6 is 23.1 Å². The molecule has 8 heteroatoms. The molecule has 2 aromatic heterocycles. The lowest BCUT2D eigenvalue weighted by Gasteiger charge is -2.06. The topological polar surface area (TPSA) is 81.2 Å². The lowest BCUT2D eigenvalue weighted by Crippen LogP contribution is -2.29. The van der Waals surface area contributed by atoms with E-state index >= 15 is 0 Å². The molecule has 1 amide bonds. The van der Waals surface area contributed by atoms with Crippen LogP contribution in [-0.4, -0.2) is 40.7 Å². The monoisotopic (exact) mass is 411 g/mol. The van der Waals surface area contributed by atoms with E-state index < -0.39 is 11.9 Å². The number of ether oxygens (including phenoxy) is 1. The van der Waals surface area contributed by atoms with Crippen LogP contribution in [0.2, 0.25) is 0 Å². The molecular weight excluding hydrogens is 394 g/mol. The lowest BCUT2D eigenvalue weighted by molar-refractivity contribution is -0.145. The van der Waals surface area contributed by atoms with E-state index in [1.54, 1.807) is 0 Å². The second-order valence-corrected chi connectivity index (χ2v) is 7.63. The lowest BCUT2D eigenvalue weighted by atomic mass is 10.1. The fraction of sp³-hybridized carbons (Fsp3) is 0.200. The van der Waals surface area contributed by atoms with Gasteiger partial charge in [0.05, 0.1) is 17.7 Å². The molecule has 0 radical (unpaired) electrons. The summed E-state index contributed by atoms with van der Waals surface area (Å²) in [7, 11) is 0. The Hall–Kier alpha value is -2.89. The molecule has 0 aliphatic rings. The number of fused-ring (bicyclic) bond motifs is 1. The fourth-order valence-corrected chi connectivity index (χ4v) is 4.21. The largest absolute Gasteiger partial charge is 0.455 e. The number of benzene rings is 1. The predicted molar refractivity (Wildman–Crippen MR) is 111 cm³/mol. The highest BCUT2D eigenvalue weighted by Crippen LogP contribution is 2.37. The summed E-state index contributed by atoms with van der Waals surface area (Å²) in [5.41, 5.74) is 3.29. The molecule has 0 unspecified atom stereocenters. The van der Waals surface area contributed by atoms with Crippen LogP contribution in [0.3, 0.4) is 0 Å². The maximum absolute atomic E-state index is 12.0. The normalized spacial score (nSPS) is 10.4. The van der Waals surface area contributed by atoms with Gasteiger partial charge in [-0.05, 0) is 12.5 Å². The van der Waals surface area contributed by atoms with Crippen molar-refractivity contribution in [3.05, 3.63) is 41.5 Å². The first-order chi connectivity index (χ1) is 13.6. The third kappa shape index (κ3) is 4.88. The molecule has 3 rings (SSSR count). The van der Waals surface area contributed by atoms with Gasteiger partial charge in [0.2, 0.25) is 0 Å². The molecule has 0 spiro atoms. The Balaban J connectivity index is 1.71. The zero-order chi connectivity index (χ0) is 19.9. The number of hydrogen-bond donors (Lipinski definition) is 1. The standard InChI is InChI=1S/C20H17N3O3S2/c1-3-8-21-16(24)9-26-17(25)11-28-20-18-15(10-27-19(18)22-12-23-20)14-6-4-13(2)5-7-14/h1,4-7,10,12H,8-9,11H2,2H3,(H,21,24). The number of nitrogens with zero attached hydrogens (tertiary/aromatic N) is 2. The van der Waals surface area contributed by atoms with Crippen molar-refractivity contribution < 1.29 is 14.3 Å². The van der Waals surface area contributed by atoms with Crippen LogP contribution < -0.4 is 5.32 Å². The molecule has 6 nitrogen and oxygen atoms in total. The summed E-state index contributed by atoms with van der Waals surface area (Å²) in [6.07, 6.45) is 6.54. The first kappa shape index (κ1) is 19.9. The molecule has 2 heterocycles. The number of nitrogens with one attached hydrogen (secondary N) is 1. The number of thiophene rings is 1. The van der Waals surface area contributed by atoms with Crippen LogP contribution in [0.15, 0.2) is 41.0 Å². The second-order valence-electron chi connectivity index (χ2n) is 5.80. The van der Waals surface area contributed by atoms with Gasteiger partial charge in [-0.25, -0.2) is 9.97 Å². The van der Waals surface area contributed by atoms with Gasteiger partial charge >= 0.3 is 5.97 Å². The summed E-state index contributed by atoms with van der Waals surface area (Å²) in [6.45, 7) is 1.79. The Morgan fingerprint density at radius 2 is 2.07 bits per heavy atom. The Kier molecular flexibility index (Phi) is 6.63. The van der Waals surface area contributed by atoms with E-state index in [0.717, 1.165) is 21.3 Å². The summed E-state index contributed by atoms with van der Waals surface area (Å²) in [4.78, 5) is 32.9. The van der Waals surface area contributed by atoms with E-state index in [1.165, 1.54) is 35.0 Å². The maximum Gasteiger partial charge on any atom is 0.316 e. The Labute approximate surface area is 170 Å². The van der Waals surface area contributed by atoms with Crippen LogP contribution in [-0.2, 0) is 14.3 Å². The number of carbonyl (C=O) groups is 2. The van der Waals surface area contributed by atoms with Gasteiger partial charge in [-0.2, -0.15) is 0 Å². The first-order valence-electron chi connectivity index (χ1n) is 8.36. The van der Waals surface area contributed by atoms with Gasteiger partial charge in [0.1, 0.15) is 16.2 Å². The Bertz CT molecular complexity index is 1040. The summed E-state index contributed by atoms with van der Waals surface area (Å²) in [5, 5.41) is 6.10. The molecule has 0 aliphatic heterocycles. The van der Waals surface area contributed by atoms with Crippen molar-refractivity contribution in [1.82, 2.24) is 15.3 Å². The summed E-state index contributed by atoms with van der Waals surface area (Å²) < 4.78 is 4.96. The number of rotatable bonds is 7. The third-order valence-electron chi connectivity index (χ3n) is 3.78. The highest BCUT2D eigenvalue weighted by molar-refractivity contribution is 8.00. The number of carbonyl (C=O) groups excluding carboxylic acids is 2. The summed E-state index contributed by atoms with van der Waals surface area (Å²) >= 11 is 2.79. The van der Waals surface area contributed by atoms with Gasteiger partial charge in [-0.15, -0.1) is 17.8 Å². The van der Waals surface area contributed by atoms with Crippen molar-refractivity contribution in [2.24, 2.45) is 0 Å². The number of aromatic nitrogens is 2. The van der Waals surface area contributed by atoms with E-state index in [0.29, 0.717) is 5.03 Å². The fourth-order valence-electron chi connectivity index (χ4n) is 2.42. The number of amides is 1. The van der Waals surface area contributed by atoms with E-state index in [2.05, 4.69) is 45.5 Å². The molecule has 0 atom stereocenters. The molecule has 1 N–H and O–H groups in total. The van der Waals surface area contributed by atoms with Crippen LogP contribution in [0.1, 0.15) is 5.56 Å². The third-order valence-corrected chi connectivity index (χ3v) is 5.63. The minimum Gasteiger partial charge on any atom is -0.455 e. The molecule has 1 aromatic carbocycles. The highest BCUT2D eigenvalue weighted by atomic mass is 32.2. The predicted octanol–water partition coefficient (Wildman–Crippen LogP) is 3.05. The van der Waals surface area contributed by atoms with Crippen LogP contribution in [0.4, 0.5) is 0 Å². The van der Waals surface area contributed by atoms with Gasteiger partial charge in [-0.3, -0.25) is 9.59 Å². The zero-order valence-electron chi connectivity index (χ0n) is 15.1. The summed E-state index contributed by atoms with van der Waals surface area (Å²) in [5.74, 6) is 1.39. The average molecular weight is 412 g/mol. The van der Waals surface area contributed by atoms with Gasteiger partial charge in [-0.1, -0.05) is 47.5 Å². The number of hydrogen-bond acceptors (Lipinski definition) is 7. The van der Waals surface area contributed by atoms with Gasteiger partial charge < -0.3 is 10.1 Å². The molecule has 0 bridgehead atoms. The minimum absolute atomic E-state index is 0.0394. The van der Waals surface area contributed by atoms with Gasteiger partial charge in [0.25, 0.3) is 5.91 Å². The summed E-state index contributed by atoms with van der Waals surface area (Å²) in [6, 6.07) is 8.22. The molecule has 0 aliphatic carbocycles. The quantitative estimate of drug-likeness (QED) is 0.279. The van der Waals surface area contributed by atoms with E-state index in [9.17, 15) is 9.59 Å². The van der Waals surface area contributed by atoms with Crippen molar-refractivity contribution >= 4 is 45.2 Å². The molecule has 3 aromatic rings. The Morgan fingerprint density at radius 3 is 2.82 bits per heavy atom. The molecule has 142 valence electrons. The average Bonchev–Trinajstić information content (AvgIpc) is 3.14. The number of aryl methyl sites for hydroxylation is 1. The number of thioether (sulfide) groups is 1. The zero-order valence-corrected chi connectivity index (χ0v) is 16.7. The van der Waals surface area contributed by atoms with Crippen LogP contribution in [0.5, 0.6) is 0 Å². The van der Waals surface area contributed by atoms with E-state index in [-0.39, 0.29) is 18.9 Å². The van der Waals surface area contributed by atoms with Crippen molar-refractivity contribution in [2.45, 2.75) is 11.9 Å². The molecule has 28 heavy (non-hydrogen) atoms. The highest BCUT2D eigenvalue weighted by Gasteiger charge is 2.15. The SMILES string of the molecule is C#CCNC(=O)COC(=O)CSc1ncnc2scc(-c3ccc(C)cc3)c12. The molecule has 0 fully saturated rings. The van der Waals surface area contributed by atoms with Crippen molar-refractivity contribution in [3.8, 4) is 23.5 Å². The smallest absolute Gasteiger partial charge is 0.316 e. The molecule has 0 saturated heterocycles. The molecular formula is C20H17N3O3S2. The van der Waals surface area contributed by atoms with Crippen molar-refractivity contribution in [2.75, 3.05) is 18.9 Å². The Morgan fingerprint density at radius 1 is 1.29 bits per heavy atom. The molecule has 0 saturated carbocycles. The van der Waals surface area contributed by atoms with E-state index in [4.69, 9.17) is 11.2 Å². The van der Waals surface area contributed by atoms with Crippen LogP contribution in [0, 0.1) is 19.3 Å². The van der Waals surface area contributed by atoms with E-state index in [1.807, 2.05) is 12.3 Å². The first-order valence-corrected chi connectivity index (χ1v) is 10.2. The number of terminal acetylenes is 1. The maximum atomic E-state index is 12.0. The van der Waals surface area contributed by atoms with Crippen molar-refractivity contribution in [3.63, 3.8) is 0 Å². The van der Waals surface area contributed by atoms with Gasteiger partial charge in [0, 0.05) is 10.9 Å². The minimum atomic E-state index is -0.500. The van der Waals surface area contributed by atoms with Crippen LogP contribution in [0.25, 0.3) is 21.3 Å².